The lowest BCUT2D eigenvalue weighted by Gasteiger charge is -2.20. The molecule has 3 heterocycles. The van der Waals surface area contributed by atoms with E-state index in [1.807, 2.05) is 6.07 Å². The Morgan fingerprint density at radius 1 is 1.33 bits per heavy atom. The van der Waals surface area contributed by atoms with Crippen LogP contribution < -0.4 is 4.90 Å². The van der Waals surface area contributed by atoms with Crippen LogP contribution in [-0.4, -0.2) is 60.8 Å². The van der Waals surface area contributed by atoms with Gasteiger partial charge in [0, 0.05) is 37.9 Å². The van der Waals surface area contributed by atoms with Gasteiger partial charge in [-0.15, -0.1) is 0 Å². The first-order valence-corrected chi connectivity index (χ1v) is 6.54. The molecule has 0 bridgehead atoms. The number of fused-ring (bicyclic) bond motifs is 1. The summed E-state index contributed by atoms with van der Waals surface area (Å²) in [5.74, 6) is 1.47. The first kappa shape index (κ1) is 11.9. The van der Waals surface area contributed by atoms with Gasteiger partial charge < -0.3 is 14.5 Å². The summed E-state index contributed by atoms with van der Waals surface area (Å²) in [6.45, 7) is 2.98. The van der Waals surface area contributed by atoms with Gasteiger partial charge in [-0.2, -0.15) is 0 Å². The summed E-state index contributed by atoms with van der Waals surface area (Å²) in [5, 5.41) is 0. The zero-order chi connectivity index (χ0) is 12.5. The van der Waals surface area contributed by atoms with Crippen LogP contribution in [-0.2, 0) is 4.74 Å². The standard InChI is InChI=1S/C13H20N4O/c1-16(2)8-11-6-10-7-17(9-12(10)18-11)13-14-4-3-5-15-13/h3-5,10-12H,6-9H2,1-2H3/t10-,11-,12+/m1/s1. The summed E-state index contributed by atoms with van der Waals surface area (Å²) < 4.78 is 6.11. The van der Waals surface area contributed by atoms with Crippen molar-refractivity contribution in [2.24, 2.45) is 5.92 Å². The van der Waals surface area contributed by atoms with Crippen LogP contribution in [0.2, 0.25) is 0 Å². The SMILES string of the molecule is CN(C)C[C@H]1C[C@@H]2CN(c3ncccn3)C[C@@H]2O1. The molecule has 5 heteroatoms. The second-order valence-corrected chi connectivity index (χ2v) is 5.51. The highest BCUT2D eigenvalue weighted by Gasteiger charge is 2.42. The van der Waals surface area contributed by atoms with E-state index in [0.717, 1.165) is 32.0 Å². The summed E-state index contributed by atoms with van der Waals surface area (Å²) in [7, 11) is 4.20. The van der Waals surface area contributed by atoms with E-state index in [-0.39, 0.29) is 0 Å². The molecule has 18 heavy (non-hydrogen) atoms. The third kappa shape index (κ3) is 2.33. The minimum absolute atomic E-state index is 0.360. The van der Waals surface area contributed by atoms with Crippen molar-refractivity contribution in [3.8, 4) is 0 Å². The first-order chi connectivity index (χ1) is 8.72. The molecule has 2 aliphatic heterocycles. The van der Waals surface area contributed by atoms with E-state index in [2.05, 4.69) is 33.9 Å². The average Bonchev–Trinajstić information content (AvgIpc) is 2.87. The van der Waals surface area contributed by atoms with E-state index in [4.69, 9.17) is 4.74 Å². The normalized spacial score (nSPS) is 31.1. The molecular weight excluding hydrogens is 228 g/mol. The zero-order valence-electron chi connectivity index (χ0n) is 11.0. The number of aromatic nitrogens is 2. The Kier molecular flexibility index (Phi) is 3.18. The van der Waals surface area contributed by atoms with Gasteiger partial charge in [-0.25, -0.2) is 9.97 Å². The van der Waals surface area contributed by atoms with Crippen LogP contribution >= 0.6 is 0 Å². The predicted octanol–water partition coefficient (Wildman–Crippen LogP) is 0.632. The number of nitrogens with zero attached hydrogens (tertiary/aromatic N) is 4. The lowest BCUT2D eigenvalue weighted by Crippen LogP contribution is -2.30. The third-order valence-electron chi connectivity index (χ3n) is 3.72. The van der Waals surface area contributed by atoms with Crippen molar-refractivity contribution in [1.82, 2.24) is 14.9 Å². The maximum atomic E-state index is 6.11. The third-order valence-corrected chi connectivity index (χ3v) is 3.72. The van der Waals surface area contributed by atoms with Crippen LogP contribution in [0.1, 0.15) is 6.42 Å². The molecule has 0 N–H and O–H groups in total. The topological polar surface area (TPSA) is 41.5 Å². The van der Waals surface area contributed by atoms with Gasteiger partial charge in [-0.1, -0.05) is 0 Å². The molecular formula is C13H20N4O. The summed E-state index contributed by atoms with van der Waals surface area (Å²) >= 11 is 0. The maximum absolute atomic E-state index is 6.11. The molecule has 1 aromatic heterocycles. The largest absolute Gasteiger partial charge is 0.371 e. The van der Waals surface area contributed by atoms with Crippen molar-refractivity contribution in [1.29, 1.82) is 0 Å². The zero-order valence-corrected chi connectivity index (χ0v) is 11.0. The molecule has 2 fully saturated rings. The Labute approximate surface area is 108 Å². The van der Waals surface area contributed by atoms with Gasteiger partial charge >= 0.3 is 0 Å². The second kappa shape index (κ2) is 4.82. The van der Waals surface area contributed by atoms with Crippen molar-refractivity contribution in [2.75, 3.05) is 38.6 Å². The summed E-state index contributed by atoms with van der Waals surface area (Å²) in [5.41, 5.74) is 0. The molecule has 5 nitrogen and oxygen atoms in total. The highest BCUT2D eigenvalue weighted by Crippen LogP contribution is 2.34. The first-order valence-electron chi connectivity index (χ1n) is 6.54. The van der Waals surface area contributed by atoms with Crippen LogP contribution in [0.4, 0.5) is 5.95 Å². The Morgan fingerprint density at radius 3 is 2.78 bits per heavy atom. The van der Waals surface area contributed by atoms with Gasteiger partial charge in [-0.3, -0.25) is 0 Å². The highest BCUT2D eigenvalue weighted by molar-refractivity contribution is 5.32. The van der Waals surface area contributed by atoms with Crippen molar-refractivity contribution >= 4 is 5.95 Å². The van der Waals surface area contributed by atoms with Crippen LogP contribution in [0, 0.1) is 5.92 Å². The monoisotopic (exact) mass is 248 g/mol. The summed E-state index contributed by atoms with van der Waals surface area (Å²) in [6, 6.07) is 1.85. The molecule has 0 spiro atoms. The molecule has 2 aliphatic rings. The van der Waals surface area contributed by atoms with Crippen LogP contribution in [0.3, 0.4) is 0 Å². The van der Waals surface area contributed by atoms with E-state index < -0.39 is 0 Å². The van der Waals surface area contributed by atoms with Gasteiger partial charge in [0.2, 0.25) is 5.95 Å². The number of rotatable bonds is 3. The van der Waals surface area contributed by atoms with Gasteiger partial charge in [-0.05, 0) is 26.6 Å². The number of ether oxygens (including phenoxy) is 1. The van der Waals surface area contributed by atoms with Crippen LogP contribution in [0.5, 0.6) is 0 Å². The minimum atomic E-state index is 0.360. The van der Waals surface area contributed by atoms with E-state index >= 15 is 0 Å². The molecule has 0 aromatic carbocycles. The van der Waals surface area contributed by atoms with E-state index in [1.54, 1.807) is 12.4 Å². The molecule has 0 amide bonds. The predicted molar refractivity (Wildman–Crippen MR) is 69.6 cm³/mol. The van der Waals surface area contributed by atoms with Gasteiger partial charge in [0.15, 0.2) is 0 Å². The molecule has 2 saturated heterocycles. The maximum Gasteiger partial charge on any atom is 0.225 e. The molecule has 0 aliphatic carbocycles. The molecule has 1 aromatic rings. The number of anilines is 1. The fourth-order valence-corrected chi connectivity index (χ4v) is 3.01. The Morgan fingerprint density at radius 2 is 2.11 bits per heavy atom. The Hall–Kier alpha value is -1.20. The van der Waals surface area contributed by atoms with Crippen molar-refractivity contribution in [3.05, 3.63) is 18.5 Å². The Bertz CT molecular complexity index is 383. The summed E-state index contributed by atoms with van der Waals surface area (Å²) in [6.07, 6.45) is 5.51. The van der Waals surface area contributed by atoms with Gasteiger partial charge in [0.05, 0.1) is 12.2 Å². The fourth-order valence-electron chi connectivity index (χ4n) is 3.01. The van der Waals surface area contributed by atoms with Crippen LogP contribution in [0.15, 0.2) is 18.5 Å². The van der Waals surface area contributed by atoms with Gasteiger partial charge in [0.25, 0.3) is 0 Å². The lowest BCUT2D eigenvalue weighted by molar-refractivity contribution is 0.0353. The summed E-state index contributed by atoms with van der Waals surface area (Å²) in [4.78, 5) is 13.0. The molecule has 0 saturated carbocycles. The van der Waals surface area contributed by atoms with Crippen molar-refractivity contribution in [2.45, 2.75) is 18.6 Å². The van der Waals surface area contributed by atoms with E-state index in [0.29, 0.717) is 18.1 Å². The molecule has 0 unspecified atom stereocenters. The average molecular weight is 248 g/mol. The number of hydrogen-bond acceptors (Lipinski definition) is 5. The van der Waals surface area contributed by atoms with Crippen LogP contribution in [0.25, 0.3) is 0 Å². The number of likely N-dealkylation sites (N-methyl/N-ethyl adjacent to an activating group) is 1. The molecule has 0 radical (unpaired) electrons. The van der Waals surface area contributed by atoms with E-state index in [9.17, 15) is 0 Å². The Balaban J connectivity index is 1.60. The van der Waals surface area contributed by atoms with Crippen molar-refractivity contribution < 1.29 is 4.74 Å². The lowest BCUT2D eigenvalue weighted by atomic mass is 10.0. The molecule has 98 valence electrons. The quantitative estimate of drug-likeness (QED) is 0.785. The molecule has 3 rings (SSSR count). The van der Waals surface area contributed by atoms with E-state index in [1.165, 1.54) is 0 Å². The fraction of sp³-hybridized carbons (Fsp3) is 0.692. The van der Waals surface area contributed by atoms with Gasteiger partial charge in [0.1, 0.15) is 0 Å². The smallest absolute Gasteiger partial charge is 0.225 e. The van der Waals surface area contributed by atoms with Crippen molar-refractivity contribution in [3.63, 3.8) is 0 Å². The minimum Gasteiger partial charge on any atom is -0.371 e. The second-order valence-electron chi connectivity index (χ2n) is 5.51. The highest BCUT2D eigenvalue weighted by atomic mass is 16.5. The molecule has 3 atom stereocenters. The number of hydrogen-bond donors (Lipinski definition) is 0.